The minimum absolute atomic E-state index is 0.273. The smallest absolute Gasteiger partial charge is 0.334 e. The maximum Gasteiger partial charge on any atom is 0.334 e. The van der Waals surface area contributed by atoms with E-state index in [0.717, 1.165) is 6.42 Å². The van der Waals surface area contributed by atoms with Gasteiger partial charge in [-0.3, -0.25) is 0 Å². The monoisotopic (exact) mass is 298 g/mol. The van der Waals surface area contributed by atoms with Gasteiger partial charge in [0.2, 0.25) is 0 Å². The molecule has 0 N–H and O–H groups in total. The van der Waals surface area contributed by atoms with Gasteiger partial charge in [-0.1, -0.05) is 48.0 Å². The fourth-order valence-electron chi connectivity index (χ4n) is 1.77. The first-order chi connectivity index (χ1) is 9.83. The maximum absolute atomic E-state index is 12.2. The summed E-state index contributed by atoms with van der Waals surface area (Å²) in [4.78, 5) is 24.3. The predicted molar refractivity (Wildman–Crippen MR) is 83.8 cm³/mol. The van der Waals surface area contributed by atoms with Crippen molar-refractivity contribution in [3.05, 3.63) is 11.1 Å². The SMILES string of the molecule is CCC/C(C(=O)OCC(C)C)=C(\CC)C(=O)OCC(C)C. The van der Waals surface area contributed by atoms with Gasteiger partial charge in [0, 0.05) is 11.1 Å². The summed E-state index contributed by atoms with van der Waals surface area (Å²) in [5.74, 6) is -0.232. The molecule has 0 fully saturated rings. The lowest BCUT2D eigenvalue weighted by molar-refractivity contribution is -0.143. The van der Waals surface area contributed by atoms with Gasteiger partial charge >= 0.3 is 11.9 Å². The Balaban J connectivity index is 5.10. The Morgan fingerprint density at radius 1 is 0.810 bits per heavy atom. The van der Waals surface area contributed by atoms with E-state index in [0.29, 0.717) is 37.2 Å². The lowest BCUT2D eigenvalue weighted by Crippen LogP contribution is -2.19. The maximum atomic E-state index is 12.2. The quantitative estimate of drug-likeness (QED) is 0.478. The Morgan fingerprint density at radius 2 is 1.24 bits per heavy atom. The van der Waals surface area contributed by atoms with Gasteiger partial charge in [0.1, 0.15) is 0 Å². The second-order valence-corrected chi connectivity index (χ2v) is 6.05. The topological polar surface area (TPSA) is 52.6 Å². The van der Waals surface area contributed by atoms with Crippen LogP contribution in [-0.4, -0.2) is 25.2 Å². The van der Waals surface area contributed by atoms with Crippen molar-refractivity contribution in [1.82, 2.24) is 0 Å². The molecule has 0 spiro atoms. The number of hydrogen-bond acceptors (Lipinski definition) is 4. The Hall–Kier alpha value is -1.32. The van der Waals surface area contributed by atoms with Crippen molar-refractivity contribution in [3.63, 3.8) is 0 Å². The summed E-state index contributed by atoms with van der Waals surface area (Å²) in [6.45, 7) is 12.5. The third kappa shape index (κ3) is 7.88. The van der Waals surface area contributed by atoms with Crippen molar-refractivity contribution in [2.45, 2.75) is 60.8 Å². The second kappa shape index (κ2) is 10.4. The Labute approximate surface area is 128 Å². The first kappa shape index (κ1) is 19.7. The van der Waals surface area contributed by atoms with Crippen LogP contribution in [-0.2, 0) is 19.1 Å². The lowest BCUT2D eigenvalue weighted by Gasteiger charge is -2.14. The first-order valence-corrected chi connectivity index (χ1v) is 7.89. The Morgan fingerprint density at radius 3 is 1.57 bits per heavy atom. The van der Waals surface area contributed by atoms with Crippen LogP contribution in [0.5, 0.6) is 0 Å². The highest BCUT2D eigenvalue weighted by Crippen LogP contribution is 2.18. The molecule has 0 aromatic heterocycles. The minimum Gasteiger partial charge on any atom is -0.462 e. The van der Waals surface area contributed by atoms with Crippen LogP contribution in [0.15, 0.2) is 11.1 Å². The van der Waals surface area contributed by atoms with Crippen molar-refractivity contribution in [2.75, 3.05) is 13.2 Å². The van der Waals surface area contributed by atoms with Gasteiger partial charge in [-0.05, 0) is 24.7 Å². The summed E-state index contributed by atoms with van der Waals surface area (Å²) in [5, 5.41) is 0. The standard InChI is InChI=1S/C17H30O4/c1-7-9-15(17(19)21-11-13(5)6)14(8-2)16(18)20-10-12(3)4/h12-13H,7-11H2,1-6H3/b15-14-. The number of esters is 2. The third-order valence-electron chi connectivity index (χ3n) is 2.81. The molecule has 0 saturated heterocycles. The van der Waals surface area contributed by atoms with Crippen LogP contribution in [0, 0.1) is 11.8 Å². The molecule has 0 atom stereocenters. The molecule has 0 unspecified atom stereocenters. The number of rotatable bonds is 9. The molecule has 0 aliphatic heterocycles. The minimum atomic E-state index is -0.392. The van der Waals surface area contributed by atoms with Gasteiger partial charge in [0.15, 0.2) is 0 Å². The van der Waals surface area contributed by atoms with Crippen molar-refractivity contribution in [3.8, 4) is 0 Å². The highest BCUT2D eigenvalue weighted by atomic mass is 16.5. The van der Waals surface area contributed by atoms with Gasteiger partial charge in [0.05, 0.1) is 13.2 Å². The summed E-state index contributed by atoms with van der Waals surface area (Å²) in [5.41, 5.74) is 0.917. The molecular weight excluding hydrogens is 268 g/mol. The molecule has 0 saturated carbocycles. The number of carbonyl (C=O) groups excluding carboxylic acids is 2. The van der Waals surface area contributed by atoms with Gasteiger partial charge < -0.3 is 9.47 Å². The molecule has 0 aliphatic rings. The van der Waals surface area contributed by atoms with Crippen LogP contribution in [0.25, 0.3) is 0 Å². The van der Waals surface area contributed by atoms with E-state index in [1.807, 2.05) is 41.5 Å². The third-order valence-corrected chi connectivity index (χ3v) is 2.81. The van der Waals surface area contributed by atoms with Crippen molar-refractivity contribution < 1.29 is 19.1 Å². The van der Waals surface area contributed by atoms with Gasteiger partial charge in [0.25, 0.3) is 0 Å². The molecule has 4 nitrogen and oxygen atoms in total. The fourth-order valence-corrected chi connectivity index (χ4v) is 1.77. The zero-order valence-corrected chi connectivity index (χ0v) is 14.3. The molecule has 0 aromatic rings. The average Bonchev–Trinajstić information content (AvgIpc) is 2.42. The summed E-state index contributed by atoms with van der Waals surface area (Å²) in [7, 11) is 0. The van der Waals surface area contributed by atoms with E-state index in [1.54, 1.807) is 0 Å². The highest BCUT2D eigenvalue weighted by Gasteiger charge is 2.22. The summed E-state index contributed by atoms with van der Waals surface area (Å²) in [6.07, 6.45) is 1.80. The highest BCUT2D eigenvalue weighted by molar-refractivity contribution is 6.00. The van der Waals surface area contributed by atoms with Crippen LogP contribution in [0.3, 0.4) is 0 Å². The first-order valence-electron chi connectivity index (χ1n) is 7.89. The molecule has 21 heavy (non-hydrogen) atoms. The molecular formula is C17H30O4. The van der Waals surface area contributed by atoms with Crippen molar-refractivity contribution in [1.29, 1.82) is 0 Å². The summed E-state index contributed by atoms with van der Waals surface area (Å²) in [6, 6.07) is 0. The zero-order valence-electron chi connectivity index (χ0n) is 14.3. The summed E-state index contributed by atoms with van der Waals surface area (Å²) >= 11 is 0. The molecule has 0 rings (SSSR count). The number of hydrogen-bond donors (Lipinski definition) is 0. The molecule has 0 aromatic carbocycles. The normalized spacial score (nSPS) is 12.4. The van der Waals surface area contributed by atoms with Crippen LogP contribution >= 0.6 is 0 Å². The Bertz CT molecular complexity index is 367. The second-order valence-electron chi connectivity index (χ2n) is 6.05. The van der Waals surface area contributed by atoms with Crippen LogP contribution in [0.2, 0.25) is 0 Å². The van der Waals surface area contributed by atoms with Crippen molar-refractivity contribution >= 4 is 11.9 Å². The van der Waals surface area contributed by atoms with Crippen molar-refractivity contribution in [2.24, 2.45) is 11.8 Å². The molecule has 0 bridgehead atoms. The number of carbonyl (C=O) groups is 2. The van der Waals surface area contributed by atoms with Crippen LogP contribution in [0.1, 0.15) is 60.8 Å². The van der Waals surface area contributed by atoms with Gasteiger partial charge in [-0.25, -0.2) is 9.59 Å². The largest absolute Gasteiger partial charge is 0.462 e. The molecule has 0 heterocycles. The summed E-state index contributed by atoms with van der Waals surface area (Å²) < 4.78 is 10.5. The molecule has 0 amide bonds. The lowest BCUT2D eigenvalue weighted by atomic mass is 10.0. The van der Waals surface area contributed by atoms with Gasteiger partial charge in [-0.2, -0.15) is 0 Å². The van der Waals surface area contributed by atoms with E-state index in [2.05, 4.69) is 0 Å². The molecule has 122 valence electrons. The number of ether oxygens (including phenoxy) is 2. The zero-order chi connectivity index (χ0) is 16.4. The predicted octanol–water partition coefficient (Wildman–Crippen LogP) is 3.89. The Kier molecular flexibility index (Phi) is 9.76. The average molecular weight is 298 g/mol. The van der Waals surface area contributed by atoms with Crippen LogP contribution < -0.4 is 0 Å². The van der Waals surface area contributed by atoms with E-state index < -0.39 is 5.97 Å². The molecule has 4 heteroatoms. The van der Waals surface area contributed by atoms with E-state index >= 15 is 0 Å². The van der Waals surface area contributed by atoms with Crippen LogP contribution in [0.4, 0.5) is 0 Å². The van der Waals surface area contributed by atoms with Gasteiger partial charge in [-0.15, -0.1) is 0 Å². The molecule has 0 radical (unpaired) electrons. The molecule has 0 aliphatic carbocycles. The van der Waals surface area contributed by atoms with E-state index in [9.17, 15) is 9.59 Å². The van der Waals surface area contributed by atoms with E-state index in [1.165, 1.54) is 0 Å². The fraction of sp³-hybridized carbons (Fsp3) is 0.765. The van der Waals surface area contributed by atoms with E-state index in [4.69, 9.17) is 9.47 Å². The van der Waals surface area contributed by atoms with E-state index in [-0.39, 0.29) is 17.8 Å².